The van der Waals surface area contributed by atoms with Crippen molar-refractivity contribution < 1.29 is 4.84 Å². The summed E-state index contributed by atoms with van der Waals surface area (Å²) < 4.78 is 0. The van der Waals surface area contributed by atoms with E-state index in [9.17, 15) is 0 Å². The molecule has 7 heavy (non-hydrogen) atoms. The highest BCUT2D eigenvalue weighted by molar-refractivity contribution is 6.35. The molecular formula is C4H11BNO. The second kappa shape index (κ2) is 5.98. The summed E-state index contributed by atoms with van der Waals surface area (Å²) >= 11 is 0. The van der Waals surface area contributed by atoms with Crippen LogP contribution in [0.3, 0.4) is 0 Å². The van der Waals surface area contributed by atoms with E-state index in [4.69, 9.17) is 5.90 Å². The standard InChI is InChI=1S/C4H11BNO/c1-2-3-5-4-7-6/h2-4,6H2,1H3. The largest absolute Gasteiger partial charge is 0.314 e. The maximum Gasteiger partial charge on any atom is 0.147 e. The average molecular weight is 100.0 g/mol. The van der Waals surface area contributed by atoms with E-state index in [0.29, 0.717) is 6.51 Å². The van der Waals surface area contributed by atoms with Gasteiger partial charge in [0.05, 0.1) is 0 Å². The van der Waals surface area contributed by atoms with Crippen LogP contribution in [0.4, 0.5) is 0 Å². The molecular weight excluding hydrogens is 88.9 g/mol. The summed E-state index contributed by atoms with van der Waals surface area (Å²) in [6.45, 7) is 2.70. The molecule has 0 aromatic heterocycles. The first-order valence-electron chi connectivity index (χ1n) is 2.55. The quantitative estimate of drug-likeness (QED) is 0.314. The fourth-order valence-electron chi connectivity index (χ4n) is 0.355. The predicted molar refractivity (Wildman–Crippen MR) is 31.0 cm³/mol. The molecule has 0 heterocycles. The third-order valence-corrected chi connectivity index (χ3v) is 0.707. The summed E-state index contributed by atoms with van der Waals surface area (Å²) in [6, 6.07) is 0. The lowest BCUT2D eigenvalue weighted by Crippen LogP contribution is -2.07. The Labute approximate surface area is 45.2 Å². The van der Waals surface area contributed by atoms with E-state index in [1.54, 1.807) is 0 Å². The van der Waals surface area contributed by atoms with Gasteiger partial charge < -0.3 is 4.84 Å². The summed E-state index contributed by atoms with van der Waals surface area (Å²) in [4.78, 5) is 4.29. The van der Waals surface area contributed by atoms with E-state index in [-0.39, 0.29) is 0 Å². The summed E-state index contributed by atoms with van der Waals surface area (Å²) in [5.41, 5.74) is 0. The van der Waals surface area contributed by atoms with Gasteiger partial charge in [-0.2, -0.15) is 0 Å². The molecule has 0 aromatic rings. The third kappa shape index (κ3) is 5.98. The molecule has 3 heteroatoms. The summed E-state index contributed by atoms with van der Waals surface area (Å²) in [6.07, 6.45) is 2.26. The van der Waals surface area contributed by atoms with Gasteiger partial charge in [-0.15, -0.1) is 0 Å². The molecule has 41 valence electrons. The predicted octanol–water partition coefficient (Wildman–Crippen LogP) is 0.367. The molecule has 0 atom stereocenters. The second-order valence-electron chi connectivity index (χ2n) is 1.41. The molecule has 0 aliphatic heterocycles. The van der Waals surface area contributed by atoms with Crippen LogP contribution < -0.4 is 5.90 Å². The minimum absolute atomic E-state index is 0.577. The van der Waals surface area contributed by atoms with Crippen molar-refractivity contribution in [3.63, 3.8) is 0 Å². The Bertz CT molecular complexity index is 30.9. The Morgan fingerprint density at radius 3 is 2.86 bits per heavy atom. The first-order valence-corrected chi connectivity index (χ1v) is 2.55. The van der Waals surface area contributed by atoms with Crippen LogP contribution >= 0.6 is 0 Å². The minimum atomic E-state index is 0.577. The average Bonchev–Trinajstić information content (AvgIpc) is 1.69. The lowest BCUT2D eigenvalue weighted by Gasteiger charge is -1.90. The van der Waals surface area contributed by atoms with Crippen LogP contribution in [0, 0.1) is 0 Å². The molecule has 0 fully saturated rings. The SMILES string of the molecule is CCC[B]CON. The maximum atomic E-state index is 4.74. The van der Waals surface area contributed by atoms with Crippen molar-refractivity contribution in [2.45, 2.75) is 19.7 Å². The van der Waals surface area contributed by atoms with Crippen LogP contribution in [0.25, 0.3) is 0 Å². The van der Waals surface area contributed by atoms with E-state index in [2.05, 4.69) is 11.8 Å². The van der Waals surface area contributed by atoms with Crippen molar-refractivity contribution in [2.75, 3.05) is 6.51 Å². The van der Waals surface area contributed by atoms with Gasteiger partial charge in [-0.25, -0.2) is 5.90 Å². The number of hydrogen-bond donors (Lipinski definition) is 1. The molecule has 0 aromatic carbocycles. The van der Waals surface area contributed by atoms with Crippen LogP contribution in [0.5, 0.6) is 0 Å². The van der Waals surface area contributed by atoms with Crippen LogP contribution in [-0.2, 0) is 4.84 Å². The highest BCUT2D eigenvalue weighted by Crippen LogP contribution is 1.82. The normalized spacial score (nSPS) is 8.86. The monoisotopic (exact) mass is 100 g/mol. The lowest BCUT2D eigenvalue weighted by molar-refractivity contribution is 0.183. The van der Waals surface area contributed by atoms with Crippen LogP contribution in [0.15, 0.2) is 0 Å². The first kappa shape index (κ1) is 6.98. The molecule has 0 bridgehead atoms. The Kier molecular flexibility index (Phi) is 5.97. The van der Waals surface area contributed by atoms with Crippen LogP contribution in [0.2, 0.25) is 6.32 Å². The maximum absolute atomic E-state index is 4.74. The molecule has 0 saturated carbocycles. The van der Waals surface area contributed by atoms with E-state index in [1.807, 2.05) is 7.28 Å². The van der Waals surface area contributed by atoms with Crippen LogP contribution in [-0.4, -0.2) is 13.8 Å². The molecule has 1 radical (unpaired) electrons. The molecule has 0 aliphatic carbocycles. The zero-order valence-electron chi connectivity index (χ0n) is 4.68. The van der Waals surface area contributed by atoms with E-state index >= 15 is 0 Å². The number of nitrogens with two attached hydrogens (primary N) is 1. The lowest BCUT2D eigenvalue weighted by atomic mass is 9.75. The smallest absolute Gasteiger partial charge is 0.147 e. The molecule has 0 rings (SSSR count). The Hall–Kier alpha value is -0.0151. The van der Waals surface area contributed by atoms with Gasteiger partial charge in [0.1, 0.15) is 7.28 Å². The van der Waals surface area contributed by atoms with Gasteiger partial charge in [0, 0.05) is 6.51 Å². The first-order chi connectivity index (χ1) is 3.41. The van der Waals surface area contributed by atoms with Gasteiger partial charge in [0.2, 0.25) is 0 Å². The van der Waals surface area contributed by atoms with E-state index in [0.717, 1.165) is 6.32 Å². The molecule has 0 unspecified atom stereocenters. The minimum Gasteiger partial charge on any atom is -0.314 e. The van der Waals surface area contributed by atoms with Crippen molar-refractivity contribution in [1.82, 2.24) is 0 Å². The fourth-order valence-corrected chi connectivity index (χ4v) is 0.355. The Balaban J connectivity index is 2.45. The van der Waals surface area contributed by atoms with Crippen molar-refractivity contribution in [3.8, 4) is 0 Å². The Morgan fingerprint density at radius 2 is 2.43 bits per heavy atom. The van der Waals surface area contributed by atoms with Gasteiger partial charge in [0.25, 0.3) is 0 Å². The number of rotatable bonds is 4. The van der Waals surface area contributed by atoms with Gasteiger partial charge >= 0.3 is 0 Å². The number of hydrogen-bond acceptors (Lipinski definition) is 2. The molecule has 2 N–H and O–H groups in total. The molecule has 2 nitrogen and oxygen atoms in total. The molecule has 0 spiro atoms. The molecule has 0 saturated heterocycles. The van der Waals surface area contributed by atoms with Gasteiger partial charge in [0.15, 0.2) is 0 Å². The zero-order chi connectivity index (χ0) is 5.54. The van der Waals surface area contributed by atoms with Crippen LogP contribution in [0.1, 0.15) is 13.3 Å². The summed E-state index contributed by atoms with van der Waals surface area (Å²) in [7, 11) is 2.01. The fraction of sp³-hybridized carbons (Fsp3) is 1.00. The van der Waals surface area contributed by atoms with Crippen molar-refractivity contribution in [1.29, 1.82) is 0 Å². The summed E-state index contributed by atoms with van der Waals surface area (Å²) in [5, 5.41) is 0. The van der Waals surface area contributed by atoms with Gasteiger partial charge in [-0.1, -0.05) is 19.7 Å². The molecule has 0 amide bonds. The van der Waals surface area contributed by atoms with E-state index < -0.39 is 0 Å². The van der Waals surface area contributed by atoms with E-state index in [1.165, 1.54) is 6.42 Å². The van der Waals surface area contributed by atoms with Gasteiger partial charge in [-0.3, -0.25) is 0 Å². The van der Waals surface area contributed by atoms with Gasteiger partial charge in [-0.05, 0) is 0 Å². The molecule has 0 aliphatic rings. The topological polar surface area (TPSA) is 35.2 Å². The highest BCUT2D eigenvalue weighted by Gasteiger charge is 1.84. The third-order valence-electron chi connectivity index (χ3n) is 0.707. The Morgan fingerprint density at radius 1 is 1.71 bits per heavy atom. The summed E-state index contributed by atoms with van der Waals surface area (Å²) in [5.74, 6) is 4.74. The van der Waals surface area contributed by atoms with Crippen molar-refractivity contribution >= 4 is 7.28 Å². The zero-order valence-corrected chi connectivity index (χ0v) is 4.68. The van der Waals surface area contributed by atoms with Crippen molar-refractivity contribution in [3.05, 3.63) is 0 Å². The van der Waals surface area contributed by atoms with Crippen molar-refractivity contribution in [2.24, 2.45) is 5.90 Å². The second-order valence-corrected chi connectivity index (χ2v) is 1.41. The highest BCUT2D eigenvalue weighted by atomic mass is 16.6.